The number of cyclic esters (lactones) is 1. The molecular weight excluding hydrogens is 380 g/mol. The van der Waals surface area contributed by atoms with E-state index in [1.807, 2.05) is 0 Å². The van der Waals surface area contributed by atoms with Gasteiger partial charge in [0.1, 0.15) is 23.3 Å². The second kappa shape index (κ2) is 7.31. The van der Waals surface area contributed by atoms with Crippen molar-refractivity contribution in [1.82, 2.24) is 15.0 Å². The van der Waals surface area contributed by atoms with E-state index in [1.165, 1.54) is 15.8 Å². The lowest BCUT2D eigenvalue weighted by Crippen LogP contribution is -2.41. The summed E-state index contributed by atoms with van der Waals surface area (Å²) >= 11 is -0.944. The fourth-order valence-corrected chi connectivity index (χ4v) is 4.29. The number of aromatic nitrogens is 3. The second-order valence-corrected chi connectivity index (χ2v) is 8.03. The molecule has 8 nitrogen and oxygen atoms in total. The van der Waals surface area contributed by atoms with Crippen LogP contribution in [0.15, 0.2) is 24.5 Å². The van der Waals surface area contributed by atoms with E-state index in [0.29, 0.717) is 31.1 Å². The Balaban J connectivity index is 1.51. The summed E-state index contributed by atoms with van der Waals surface area (Å²) in [6, 6.07) is 2.26. The highest BCUT2D eigenvalue weighted by Gasteiger charge is 2.34. The van der Waals surface area contributed by atoms with Crippen LogP contribution in [0.4, 0.5) is 25.0 Å². The Morgan fingerprint density at radius 3 is 2.59 bits per heavy atom. The summed E-state index contributed by atoms with van der Waals surface area (Å²) in [7, 11) is 0. The summed E-state index contributed by atoms with van der Waals surface area (Å²) < 4.78 is 47.4. The van der Waals surface area contributed by atoms with Crippen LogP contribution in [0, 0.1) is 11.6 Å². The van der Waals surface area contributed by atoms with Gasteiger partial charge in [0.2, 0.25) is 0 Å². The van der Waals surface area contributed by atoms with Crippen molar-refractivity contribution in [3.05, 3.63) is 36.2 Å². The van der Waals surface area contributed by atoms with Gasteiger partial charge in [0.05, 0.1) is 38.1 Å². The minimum Gasteiger partial charge on any atom is -0.616 e. The van der Waals surface area contributed by atoms with Crippen molar-refractivity contribution in [3.63, 3.8) is 0 Å². The third kappa shape index (κ3) is 3.69. The molecule has 0 radical (unpaired) electrons. The molecule has 1 aromatic carbocycles. The number of halogens is 2. The molecule has 4 rings (SSSR count). The van der Waals surface area contributed by atoms with Crippen LogP contribution in [0.3, 0.4) is 0 Å². The average Bonchev–Trinajstić information content (AvgIpc) is 3.26. The first-order valence-corrected chi connectivity index (χ1v) is 9.91. The number of nitrogens with zero attached hydrogens (tertiary/aromatic N) is 5. The summed E-state index contributed by atoms with van der Waals surface area (Å²) in [5, 5.41) is 7.49. The van der Waals surface area contributed by atoms with E-state index < -0.39 is 35.0 Å². The number of carbonyl (C=O) groups is 1. The fourth-order valence-electron chi connectivity index (χ4n) is 3.24. The molecule has 144 valence electrons. The molecule has 2 saturated heterocycles. The van der Waals surface area contributed by atoms with E-state index >= 15 is 0 Å². The minimum absolute atomic E-state index is 0.0976. The Labute approximate surface area is 156 Å². The maximum atomic E-state index is 14.6. The van der Waals surface area contributed by atoms with Gasteiger partial charge in [-0.3, -0.25) is 4.90 Å². The molecule has 27 heavy (non-hydrogen) atoms. The van der Waals surface area contributed by atoms with Crippen LogP contribution < -0.4 is 9.80 Å². The van der Waals surface area contributed by atoms with Gasteiger partial charge in [0.25, 0.3) is 0 Å². The van der Waals surface area contributed by atoms with E-state index in [0.717, 1.165) is 12.1 Å². The van der Waals surface area contributed by atoms with E-state index in [9.17, 15) is 18.1 Å². The number of ether oxygens (including phenoxy) is 1. The Morgan fingerprint density at radius 2 is 1.96 bits per heavy atom. The van der Waals surface area contributed by atoms with Gasteiger partial charge in [0, 0.05) is 18.3 Å². The van der Waals surface area contributed by atoms with Crippen LogP contribution in [0.2, 0.25) is 0 Å². The van der Waals surface area contributed by atoms with Gasteiger partial charge in [-0.2, -0.15) is 0 Å². The van der Waals surface area contributed by atoms with Gasteiger partial charge in [-0.05, 0) is 0 Å². The van der Waals surface area contributed by atoms with Crippen molar-refractivity contribution >= 4 is 28.6 Å². The van der Waals surface area contributed by atoms with Crippen LogP contribution >= 0.6 is 0 Å². The van der Waals surface area contributed by atoms with Gasteiger partial charge < -0.3 is 14.2 Å². The van der Waals surface area contributed by atoms with E-state index in [4.69, 9.17) is 4.74 Å². The summed E-state index contributed by atoms with van der Waals surface area (Å²) in [6.45, 7) is 1.10. The van der Waals surface area contributed by atoms with Crippen molar-refractivity contribution in [3.8, 4) is 0 Å². The largest absolute Gasteiger partial charge is 0.616 e. The first kappa shape index (κ1) is 18.0. The second-order valence-electron chi connectivity index (χ2n) is 6.33. The van der Waals surface area contributed by atoms with Crippen LogP contribution in [0.25, 0.3) is 0 Å². The molecule has 0 spiro atoms. The SMILES string of the molecule is O=C1OC(Cn2ccnn2)CN1c1cc(F)c(N2CC[S+]([O-])CC2)c(F)c1. The Morgan fingerprint density at radius 1 is 1.26 bits per heavy atom. The lowest BCUT2D eigenvalue weighted by molar-refractivity contribution is 0.129. The van der Waals surface area contributed by atoms with Crippen LogP contribution in [-0.4, -0.2) is 62.9 Å². The zero-order chi connectivity index (χ0) is 19.0. The van der Waals surface area contributed by atoms with Gasteiger partial charge in [-0.15, -0.1) is 5.10 Å². The van der Waals surface area contributed by atoms with Gasteiger partial charge >= 0.3 is 6.09 Å². The van der Waals surface area contributed by atoms with Crippen molar-refractivity contribution in [2.24, 2.45) is 0 Å². The Bertz CT molecular complexity index is 806. The van der Waals surface area contributed by atoms with Crippen molar-refractivity contribution < 1.29 is 22.9 Å². The topological polar surface area (TPSA) is 86.6 Å². The molecule has 0 bridgehead atoms. The molecule has 1 unspecified atom stereocenters. The predicted octanol–water partition coefficient (Wildman–Crippen LogP) is 1.15. The zero-order valence-electron chi connectivity index (χ0n) is 14.3. The van der Waals surface area contributed by atoms with Gasteiger partial charge in [-0.25, -0.2) is 18.3 Å². The molecule has 11 heteroatoms. The minimum atomic E-state index is -0.944. The normalized spacial score (nSPS) is 21.0. The Kier molecular flexibility index (Phi) is 4.87. The number of rotatable bonds is 4. The smallest absolute Gasteiger partial charge is 0.414 e. The quantitative estimate of drug-likeness (QED) is 0.720. The molecule has 2 fully saturated rings. The first-order chi connectivity index (χ1) is 13.0. The summed E-state index contributed by atoms with van der Waals surface area (Å²) in [4.78, 5) is 14.9. The number of hydrogen-bond donors (Lipinski definition) is 0. The van der Waals surface area contributed by atoms with E-state index in [2.05, 4.69) is 10.3 Å². The lowest BCUT2D eigenvalue weighted by Gasteiger charge is -2.30. The molecule has 3 heterocycles. The monoisotopic (exact) mass is 397 g/mol. The third-order valence-electron chi connectivity index (χ3n) is 4.54. The van der Waals surface area contributed by atoms with Gasteiger partial charge in [-0.1, -0.05) is 16.4 Å². The number of carbonyl (C=O) groups excluding carboxylic acids is 1. The van der Waals surface area contributed by atoms with E-state index in [1.54, 1.807) is 11.1 Å². The van der Waals surface area contributed by atoms with Crippen LogP contribution in [0.1, 0.15) is 0 Å². The third-order valence-corrected chi connectivity index (χ3v) is 5.82. The molecule has 2 aliphatic heterocycles. The number of anilines is 2. The summed E-state index contributed by atoms with van der Waals surface area (Å²) in [6.07, 6.45) is 1.98. The maximum Gasteiger partial charge on any atom is 0.414 e. The van der Waals surface area contributed by atoms with Gasteiger partial charge in [0.15, 0.2) is 11.6 Å². The highest BCUT2D eigenvalue weighted by molar-refractivity contribution is 7.91. The van der Waals surface area contributed by atoms with Crippen molar-refractivity contribution in [2.75, 3.05) is 40.9 Å². The number of benzene rings is 1. The lowest BCUT2D eigenvalue weighted by atomic mass is 10.2. The van der Waals surface area contributed by atoms with E-state index in [-0.39, 0.29) is 17.9 Å². The molecule has 0 saturated carbocycles. The first-order valence-electron chi connectivity index (χ1n) is 8.42. The van der Waals surface area contributed by atoms with Crippen LogP contribution in [-0.2, 0) is 22.5 Å². The molecule has 0 aliphatic carbocycles. The average molecular weight is 397 g/mol. The number of hydrogen-bond acceptors (Lipinski definition) is 6. The predicted molar refractivity (Wildman–Crippen MR) is 94.1 cm³/mol. The molecule has 1 amide bonds. The molecule has 1 atom stereocenters. The number of amides is 1. The molecular formula is C16H17F2N5O3S. The molecule has 2 aromatic rings. The summed E-state index contributed by atoms with van der Waals surface area (Å²) in [5.41, 5.74) is -0.0531. The maximum absolute atomic E-state index is 14.6. The van der Waals surface area contributed by atoms with Crippen molar-refractivity contribution in [2.45, 2.75) is 12.6 Å². The molecule has 1 aromatic heterocycles. The standard InChI is InChI=1S/C16H17F2N5O3S/c17-13-7-11(8-14(18)15(13)21-3-5-27(25)6-4-21)23-10-12(26-16(23)24)9-22-2-1-19-20-22/h1-2,7-8,12H,3-6,9-10H2. The molecule has 2 aliphatic rings. The summed E-state index contributed by atoms with van der Waals surface area (Å²) in [5.74, 6) is -0.762. The Hall–Kier alpha value is -2.40. The molecule has 0 N–H and O–H groups in total. The van der Waals surface area contributed by atoms with Crippen molar-refractivity contribution in [1.29, 1.82) is 0 Å². The highest BCUT2D eigenvalue weighted by atomic mass is 32.2. The highest BCUT2D eigenvalue weighted by Crippen LogP contribution is 2.31. The fraction of sp³-hybridized carbons (Fsp3) is 0.438. The van der Waals surface area contributed by atoms with Crippen LogP contribution in [0.5, 0.6) is 0 Å². The zero-order valence-corrected chi connectivity index (χ0v) is 15.1.